The SMILES string of the molecule is Cc1ccc(N=Nc2ccc(C)cc2N)c(N)c1. The zero-order valence-corrected chi connectivity index (χ0v) is 10.5. The fourth-order valence-corrected chi connectivity index (χ4v) is 1.64. The Morgan fingerprint density at radius 2 is 1.11 bits per heavy atom. The summed E-state index contributed by atoms with van der Waals surface area (Å²) in [5.74, 6) is 0. The second-order valence-electron chi connectivity index (χ2n) is 4.32. The molecule has 0 spiro atoms. The molecule has 0 aromatic heterocycles. The fraction of sp³-hybridized carbons (Fsp3) is 0.143. The molecule has 4 nitrogen and oxygen atoms in total. The van der Waals surface area contributed by atoms with Crippen LogP contribution < -0.4 is 11.5 Å². The lowest BCUT2D eigenvalue weighted by Gasteiger charge is -2.02. The number of nitrogen functional groups attached to an aromatic ring is 2. The molecule has 0 radical (unpaired) electrons. The van der Waals surface area contributed by atoms with Crippen LogP contribution in [0.4, 0.5) is 22.7 Å². The lowest BCUT2D eigenvalue weighted by Crippen LogP contribution is -1.87. The summed E-state index contributed by atoms with van der Waals surface area (Å²) >= 11 is 0. The van der Waals surface area contributed by atoms with Gasteiger partial charge in [0, 0.05) is 0 Å². The third kappa shape index (κ3) is 2.66. The van der Waals surface area contributed by atoms with Crippen molar-refractivity contribution in [2.24, 2.45) is 10.2 Å². The van der Waals surface area contributed by atoms with Gasteiger partial charge in [-0.05, 0) is 49.2 Å². The van der Waals surface area contributed by atoms with Crippen molar-refractivity contribution in [1.29, 1.82) is 0 Å². The van der Waals surface area contributed by atoms with E-state index in [0.29, 0.717) is 22.7 Å². The van der Waals surface area contributed by atoms with Crippen LogP contribution in [-0.2, 0) is 0 Å². The zero-order valence-electron chi connectivity index (χ0n) is 10.5. The first-order chi connectivity index (χ1) is 8.56. The number of azo groups is 1. The summed E-state index contributed by atoms with van der Waals surface area (Å²) in [5.41, 5.74) is 16.5. The minimum absolute atomic E-state index is 0.615. The predicted octanol–water partition coefficient (Wildman–Crippen LogP) is 3.88. The van der Waals surface area contributed by atoms with E-state index >= 15 is 0 Å². The average molecular weight is 240 g/mol. The van der Waals surface area contributed by atoms with E-state index in [1.165, 1.54) is 0 Å². The largest absolute Gasteiger partial charge is 0.397 e. The Hall–Kier alpha value is -2.36. The van der Waals surface area contributed by atoms with Crippen molar-refractivity contribution in [2.75, 3.05) is 11.5 Å². The van der Waals surface area contributed by atoms with Crippen molar-refractivity contribution < 1.29 is 0 Å². The van der Waals surface area contributed by atoms with Gasteiger partial charge in [0.25, 0.3) is 0 Å². The molecule has 4 heteroatoms. The highest BCUT2D eigenvalue weighted by Gasteiger charge is 2.00. The van der Waals surface area contributed by atoms with Gasteiger partial charge in [-0.2, -0.15) is 0 Å². The van der Waals surface area contributed by atoms with Crippen molar-refractivity contribution in [3.63, 3.8) is 0 Å². The van der Waals surface area contributed by atoms with Gasteiger partial charge >= 0.3 is 0 Å². The Balaban J connectivity index is 2.30. The molecule has 0 aliphatic carbocycles. The predicted molar refractivity (Wildman–Crippen MR) is 75.4 cm³/mol. The molecule has 0 fully saturated rings. The van der Waals surface area contributed by atoms with Crippen LogP contribution in [-0.4, -0.2) is 0 Å². The zero-order chi connectivity index (χ0) is 13.1. The number of aryl methyl sites for hydroxylation is 2. The number of anilines is 2. The molecule has 2 aromatic rings. The monoisotopic (exact) mass is 240 g/mol. The molecule has 2 aromatic carbocycles. The van der Waals surface area contributed by atoms with Crippen LogP contribution in [0.1, 0.15) is 11.1 Å². The van der Waals surface area contributed by atoms with Crippen LogP contribution in [0.5, 0.6) is 0 Å². The number of hydrogen-bond donors (Lipinski definition) is 2. The smallest absolute Gasteiger partial charge is 0.109 e. The van der Waals surface area contributed by atoms with E-state index in [-0.39, 0.29) is 0 Å². The first-order valence-corrected chi connectivity index (χ1v) is 5.70. The molecule has 92 valence electrons. The highest BCUT2D eigenvalue weighted by molar-refractivity contribution is 5.65. The van der Waals surface area contributed by atoms with Gasteiger partial charge in [-0.25, -0.2) is 0 Å². The molecule has 0 atom stereocenters. The quantitative estimate of drug-likeness (QED) is 0.617. The Bertz CT molecular complexity index is 549. The molecule has 0 saturated carbocycles. The van der Waals surface area contributed by atoms with Crippen molar-refractivity contribution in [3.05, 3.63) is 47.5 Å². The summed E-state index contributed by atoms with van der Waals surface area (Å²) in [5, 5.41) is 8.26. The molecule has 0 unspecified atom stereocenters. The van der Waals surface area contributed by atoms with Crippen LogP contribution in [0, 0.1) is 13.8 Å². The van der Waals surface area contributed by atoms with Gasteiger partial charge in [-0.3, -0.25) is 0 Å². The van der Waals surface area contributed by atoms with E-state index in [9.17, 15) is 0 Å². The summed E-state index contributed by atoms with van der Waals surface area (Å²) in [6.07, 6.45) is 0. The van der Waals surface area contributed by atoms with Crippen LogP contribution in [0.3, 0.4) is 0 Å². The number of nitrogens with two attached hydrogens (primary N) is 2. The third-order valence-corrected chi connectivity index (χ3v) is 2.63. The van der Waals surface area contributed by atoms with E-state index in [1.807, 2.05) is 50.2 Å². The van der Waals surface area contributed by atoms with Crippen molar-refractivity contribution >= 4 is 22.7 Å². The second kappa shape index (κ2) is 4.87. The molecule has 0 bridgehead atoms. The van der Waals surface area contributed by atoms with Gasteiger partial charge in [0.15, 0.2) is 0 Å². The van der Waals surface area contributed by atoms with Crippen molar-refractivity contribution in [1.82, 2.24) is 0 Å². The Morgan fingerprint density at radius 3 is 1.44 bits per heavy atom. The van der Waals surface area contributed by atoms with Gasteiger partial charge in [0.2, 0.25) is 0 Å². The summed E-state index contributed by atoms with van der Waals surface area (Å²) in [6, 6.07) is 11.3. The molecule has 4 N–H and O–H groups in total. The Kier molecular flexibility index (Phi) is 3.28. The summed E-state index contributed by atoms with van der Waals surface area (Å²) in [7, 11) is 0. The molecular weight excluding hydrogens is 224 g/mol. The van der Waals surface area contributed by atoms with Gasteiger partial charge in [0.1, 0.15) is 11.4 Å². The van der Waals surface area contributed by atoms with Gasteiger partial charge in [-0.1, -0.05) is 12.1 Å². The Morgan fingerprint density at radius 1 is 0.722 bits per heavy atom. The van der Waals surface area contributed by atoms with Gasteiger partial charge in [-0.15, -0.1) is 10.2 Å². The topological polar surface area (TPSA) is 76.8 Å². The van der Waals surface area contributed by atoms with Crippen molar-refractivity contribution in [2.45, 2.75) is 13.8 Å². The normalized spacial score (nSPS) is 11.0. The van der Waals surface area contributed by atoms with Crippen molar-refractivity contribution in [3.8, 4) is 0 Å². The maximum atomic E-state index is 5.86. The van der Waals surface area contributed by atoms with Gasteiger partial charge in [0.05, 0.1) is 11.4 Å². The fourth-order valence-electron chi connectivity index (χ4n) is 1.64. The molecular formula is C14H16N4. The molecule has 18 heavy (non-hydrogen) atoms. The molecule has 0 saturated heterocycles. The lowest BCUT2D eigenvalue weighted by atomic mass is 10.2. The second-order valence-corrected chi connectivity index (χ2v) is 4.32. The number of hydrogen-bond acceptors (Lipinski definition) is 4. The molecule has 2 rings (SSSR count). The number of rotatable bonds is 2. The van der Waals surface area contributed by atoms with Crippen LogP contribution >= 0.6 is 0 Å². The molecule has 0 heterocycles. The minimum Gasteiger partial charge on any atom is -0.397 e. The summed E-state index contributed by atoms with van der Waals surface area (Å²) < 4.78 is 0. The minimum atomic E-state index is 0.615. The van der Waals surface area contributed by atoms with Gasteiger partial charge < -0.3 is 11.5 Å². The maximum absolute atomic E-state index is 5.86. The molecule has 0 aliphatic rings. The lowest BCUT2D eigenvalue weighted by molar-refractivity contribution is 1.23. The average Bonchev–Trinajstić information content (AvgIpc) is 2.30. The highest BCUT2D eigenvalue weighted by Crippen LogP contribution is 2.28. The van der Waals surface area contributed by atoms with E-state index in [0.717, 1.165) is 11.1 Å². The van der Waals surface area contributed by atoms with Crippen LogP contribution in [0.15, 0.2) is 46.6 Å². The van der Waals surface area contributed by atoms with E-state index in [1.54, 1.807) is 0 Å². The van der Waals surface area contributed by atoms with Crippen LogP contribution in [0.2, 0.25) is 0 Å². The van der Waals surface area contributed by atoms with E-state index < -0.39 is 0 Å². The first kappa shape index (κ1) is 12.1. The third-order valence-electron chi connectivity index (χ3n) is 2.63. The highest BCUT2D eigenvalue weighted by atomic mass is 15.1. The first-order valence-electron chi connectivity index (χ1n) is 5.70. The Labute approximate surface area is 106 Å². The molecule has 0 amide bonds. The summed E-state index contributed by atoms with van der Waals surface area (Å²) in [6.45, 7) is 3.96. The van der Waals surface area contributed by atoms with E-state index in [2.05, 4.69) is 10.2 Å². The maximum Gasteiger partial charge on any atom is 0.109 e. The standard InChI is InChI=1S/C14H16N4/c1-9-3-5-13(11(15)7-9)17-18-14-6-4-10(2)8-12(14)16/h3-8H,15-16H2,1-2H3. The van der Waals surface area contributed by atoms with E-state index in [4.69, 9.17) is 11.5 Å². The summed E-state index contributed by atoms with van der Waals surface area (Å²) in [4.78, 5) is 0. The number of nitrogens with zero attached hydrogens (tertiary/aromatic N) is 2. The molecule has 0 aliphatic heterocycles. The van der Waals surface area contributed by atoms with Crippen LogP contribution in [0.25, 0.3) is 0 Å². The number of benzene rings is 2.